The predicted octanol–water partition coefficient (Wildman–Crippen LogP) is 4.50. The number of rotatable bonds is 9. The van der Waals surface area contributed by atoms with Crippen LogP contribution < -0.4 is 0 Å². The minimum Gasteiger partial charge on any atom is -0.434 e. The molecule has 0 saturated heterocycles. The monoisotopic (exact) mass is 366 g/mol. The number of hydrogen-bond acceptors (Lipinski definition) is 3. The average Bonchev–Trinajstić information content (AvgIpc) is 2.25. The second kappa shape index (κ2) is 7.01. The fourth-order valence-corrected chi connectivity index (χ4v) is 17.0. The van der Waals surface area contributed by atoms with Crippen LogP contribution in [0.15, 0.2) is 36.8 Å². The third-order valence-electron chi connectivity index (χ3n) is 2.42. The van der Waals surface area contributed by atoms with Gasteiger partial charge in [0.2, 0.25) is 0 Å². The van der Waals surface area contributed by atoms with Crippen molar-refractivity contribution in [1.82, 2.24) is 0 Å². The molecule has 0 aliphatic carbocycles. The van der Waals surface area contributed by atoms with Crippen molar-refractivity contribution < 1.29 is 12.3 Å². The predicted molar refractivity (Wildman–Crippen MR) is 97.9 cm³/mol. The SMILES string of the molecule is C=C[Si](C)(Cl)O[Si](C)(C=C)O[Si](C)(C=C)O[Si](C)(C)C. The molecule has 116 valence electrons. The first kappa shape index (κ1) is 20.3. The van der Waals surface area contributed by atoms with Gasteiger partial charge in [-0.3, -0.25) is 0 Å². The molecule has 0 aromatic heterocycles. The Labute approximate surface area is 132 Å². The van der Waals surface area contributed by atoms with E-state index in [2.05, 4.69) is 39.4 Å². The van der Waals surface area contributed by atoms with E-state index in [1.54, 1.807) is 17.1 Å². The molecular formula is C12H27ClO3Si4. The second-order valence-corrected chi connectivity index (χ2v) is 22.2. The lowest BCUT2D eigenvalue weighted by Gasteiger charge is -2.39. The summed E-state index contributed by atoms with van der Waals surface area (Å²) in [6.45, 7) is 23.6. The van der Waals surface area contributed by atoms with E-state index in [4.69, 9.17) is 23.4 Å². The Morgan fingerprint density at radius 3 is 1.40 bits per heavy atom. The maximum Gasteiger partial charge on any atom is 0.343 e. The molecule has 8 heteroatoms. The zero-order chi connectivity index (χ0) is 16.2. The van der Waals surface area contributed by atoms with Crippen molar-refractivity contribution in [2.24, 2.45) is 0 Å². The van der Waals surface area contributed by atoms with Crippen LogP contribution in [0.4, 0.5) is 0 Å². The van der Waals surface area contributed by atoms with Crippen molar-refractivity contribution in [2.75, 3.05) is 0 Å². The van der Waals surface area contributed by atoms with Gasteiger partial charge in [-0.25, -0.2) is 0 Å². The highest BCUT2D eigenvalue weighted by atomic mass is 35.6. The Hall–Kier alpha value is 0.258. The summed E-state index contributed by atoms with van der Waals surface area (Å²) < 4.78 is 18.5. The van der Waals surface area contributed by atoms with Crippen LogP contribution in [0.5, 0.6) is 0 Å². The van der Waals surface area contributed by atoms with E-state index in [9.17, 15) is 0 Å². The van der Waals surface area contributed by atoms with Gasteiger partial charge in [-0.2, -0.15) is 0 Å². The van der Waals surface area contributed by atoms with Crippen LogP contribution in [0, 0.1) is 0 Å². The largest absolute Gasteiger partial charge is 0.434 e. The van der Waals surface area contributed by atoms with Crippen LogP contribution in [-0.2, 0) is 12.3 Å². The third kappa shape index (κ3) is 7.32. The van der Waals surface area contributed by atoms with E-state index in [1.807, 2.05) is 19.6 Å². The van der Waals surface area contributed by atoms with Gasteiger partial charge in [0, 0.05) is 0 Å². The van der Waals surface area contributed by atoms with Gasteiger partial charge in [0.05, 0.1) is 0 Å². The molecule has 0 rings (SSSR count). The van der Waals surface area contributed by atoms with Crippen molar-refractivity contribution in [1.29, 1.82) is 0 Å². The van der Waals surface area contributed by atoms with Crippen molar-refractivity contribution in [3.8, 4) is 0 Å². The van der Waals surface area contributed by atoms with Crippen molar-refractivity contribution in [3.05, 3.63) is 36.8 Å². The maximum absolute atomic E-state index is 6.35. The van der Waals surface area contributed by atoms with Crippen LogP contribution >= 0.6 is 11.1 Å². The molecule has 0 spiro atoms. The van der Waals surface area contributed by atoms with E-state index < -0.39 is 33.1 Å². The normalized spacial score (nSPS) is 21.1. The lowest BCUT2D eigenvalue weighted by Crippen LogP contribution is -2.56. The summed E-state index contributed by atoms with van der Waals surface area (Å²) in [5.74, 6) is 0. The molecule has 3 atom stereocenters. The first-order chi connectivity index (χ1) is 8.80. The lowest BCUT2D eigenvalue weighted by atomic mass is 11.3. The van der Waals surface area contributed by atoms with Crippen LogP contribution in [0.2, 0.25) is 39.3 Å². The molecule has 0 saturated carbocycles. The van der Waals surface area contributed by atoms with Crippen LogP contribution in [0.3, 0.4) is 0 Å². The molecule has 0 bridgehead atoms. The molecule has 0 N–H and O–H groups in total. The first-order valence-electron chi connectivity index (χ1n) is 6.50. The van der Waals surface area contributed by atoms with Gasteiger partial charge in [0.15, 0.2) is 8.32 Å². The molecule has 0 heterocycles. The van der Waals surface area contributed by atoms with E-state index in [1.165, 1.54) is 0 Å². The van der Waals surface area contributed by atoms with Gasteiger partial charge in [0.25, 0.3) is 0 Å². The van der Waals surface area contributed by atoms with E-state index in [0.29, 0.717) is 0 Å². The zero-order valence-corrected chi connectivity index (χ0v) is 18.2. The van der Waals surface area contributed by atoms with Crippen molar-refractivity contribution >= 4 is 44.1 Å². The summed E-state index contributed by atoms with van der Waals surface area (Å²) in [6.07, 6.45) is 0. The van der Waals surface area contributed by atoms with Gasteiger partial charge in [-0.15, -0.1) is 30.8 Å². The molecule has 0 amide bonds. The molecule has 3 nitrogen and oxygen atoms in total. The standard InChI is InChI=1S/C12H27ClO3Si4/c1-10-18(7,13)15-20(9,12-3)16-19(8,11-2)14-17(4,5)6/h10-12H,1-3H2,4-9H3. The molecule has 0 fully saturated rings. The fraction of sp³-hybridized carbons (Fsp3) is 0.500. The minimum atomic E-state index is -2.63. The Morgan fingerprint density at radius 2 is 1.10 bits per heavy atom. The lowest BCUT2D eigenvalue weighted by molar-refractivity contribution is 0.345. The molecule has 0 radical (unpaired) electrons. The van der Waals surface area contributed by atoms with E-state index in [-0.39, 0.29) is 0 Å². The Morgan fingerprint density at radius 1 is 0.700 bits per heavy atom. The molecular weight excluding hydrogens is 340 g/mol. The van der Waals surface area contributed by atoms with Gasteiger partial charge in [-0.1, -0.05) is 17.1 Å². The highest BCUT2D eigenvalue weighted by Gasteiger charge is 2.45. The summed E-state index contributed by atoms with van der Waals surface area (Å²) in [7, 11) is -9.33. The van der Waals surface area contributed by atoms with Crippen molar-refractivity contribution in [2.45, 2.75) is 39.3 Å². The Bertz CT molecular complexity index is 383. The fourth-order valence-electron chi connectivity index (χ4n) is 1.66. The first-order valence-corrected chi connectivity index (χ1v) is 18.2. The molecule has 0 aromatic carbocycles. The van der Waals surface area contributed by atoms with Crippen LogP contribution in [0.1, 0.15) is 0 Å². The van der Waals surface area contributed by atoms with Crippen molar-refractivity contribution in [3.63, 3.8) is 0 Å². The van der Waals surface area contributed by atoms with E-state index in [0.717, 1.165) is 0 Å². The highest BCUT2D eigenvalue weighted by Crippen LogP contribution is 2.26. The summed E-state index contributed by atoms with van der Waals surface area (Å²) in [4.78, 5) is 0. The highest BCUT2D eigenvalue weighted by molar-refractivity contribution is 7.21. The zero-order valence-electron chi connectivity index (χ0n) is 13.5. The van der Waals surface area contributed by atoms with E-state index >= 15 is 0 Å². The van der Waals surface area contributed by atoms with Crippen LogP contribution in [0.25, 0.3) is 0 Å². The van der Waals surface area contributed by atoms with Crippen LogP contribution in [-0.4, -0.2) is 33.1 Å². The second-order valence-electron chi connectivity index (χ2n) is 6.05. The summed E-state index contributed by atoms with van der Waals surface area (Å²) in [6, 6.07) is 0. The summed E-state index contributed by atoms with van der Waals surface area (Å²) >= 11 is 6.35. The Kier molecular flexibility index (Phi) is 7.10. The molecule has 0 aliphatic heterocycles. The number of hydrogen-bond donors (Lipinski definition) is 0. The topological polar surface area (TPSA) is 27.7 Å². The maximum atomic E-state index is 6.35. The van der Waals surface area contributed by atoms with Gasteiger partial charge >= 0.3 is 24.7 Å². The Balaban J connectivity index is 5.21. The molecule has 0 aromatic rings. The van der Waals surface area contributed by atoms with Gasteiger partial charge in [-0.05, 0) is 39.3 Å². The van der Waals surface area contributed by atoms with Gasteiger partial charge < -0.3 is 12.3 Å². The third-order valence-corrected chi connectivity index (χ3v) is 16.3. The quantitative estimate of drug-likeness (QED) is 0.444. The minimum absolute atomic E-state index is 1.68. The summed E-state index contributed by atoms with van der Waals surface area (Å²) in [5, 5.41) is 0. The molecule has 3 unspecified atom stereocenters. The average molecular weight is 367 g/mol. The van der Waals surface area contributed by atoms with Gasteiger partial charge in [0.1, 0.15) is 0 Å². The summed E-state index contributed by atoms with van der Waals surface area (Å²) in [5.41, 5.74) is 5.22. The smallest absolute Gasteiger partial charge is 0.343 e. The molecule has 20 heavy (non-hydrogen) atoms. The molecule has 0 aliphatic rings. The number of halogens is 1.